The number of hydrogen-bond donors (Lipinski definition) is 2. The summed E-state index contributed by atoms with van der Waals surface area (Å²) in [6.07, 6.45) is 1.46. The van der Waals surface area contributed by atoms with Crippen molar-refractivity contribution in [2.45, 2.75) is 20.8 Å². The molecule has 0 fully saturated rings. The van der Waals surface area contributed by atoms with Crippen LogP contribution in [0.2, 0.25) is 0 Å². The number of aryl methyl sites for hydroxylation is 3. The van der Waals surface area contributed by atoms with E-state index in [1.54, 1.807) is 6.07 Å². The molecule has 3 rings (SSSR count). The van der Waals surface area contributed by atoms with Gasteiger partial charge in [-0.25, -0.2) is 0 Å². The zero-order valence-corrected chi connectivity index (χ0v) is 15.5. The van der Waals surface area contributed by atoms with Crippen LogP contribution in [0.1, 0.15) is 37.5 Å². The van der Waals surface area contributed by atoms with E-state index in [0.717, 1.165) is 22.4 Å². The molecule has 0 aliphatic rings. The molecule has 0 unspecified atom stereocenters. The van der Waals surface area contributed by atoms with Crippen LogP contribution in [0.3, 0.4) is 0 Å². The lowest BCUT2D eigenvalue weighted by Gasteiger charge is -2.10. The van der Waals surface area contributed by atoms with Gasteiger partial charge in [-0.15, -0.1) is 0 Å². The number of nitrogens with zero attached hydrogens (tertiary/aromatic N) is 1. The Morgan fingerprint density at radius 3 is 2.33 bits per heavy atom. The zero-order chi connectivity index (χ0) is 19.4. The second-order valence-electron chi connectivity index (χ2n) is 6.53. The molecule has 0 saturated carbocycles. The van der Waals surface area contributed by atoms with Gasteiger partial charge in [0, 0.05) is 23.1 Å². The van der Waals surface area contributed by atoms with Crippen LogP contribution in [-0.4, -0.2) is 16.8 Å². The van der Waals surface area contributed by atoms with Crippen LogP contribution in [0.25, 0.3) is 0 Å². The largest absolute Gasteiger partial charge is 0.322 e. The molecule has 5 nitrogen and oxygen atoms in total. The first-order chi connectivity index (χ1) is 12.9. The van der Waals surface area contributed by atoms with Gasteiger partial charge < -0.3 is 10.6 Å². The van der Waals surface area contributed by atoms with Crippen LogP contribution in [0.15, 0.2) is 60.8 Å². The second-order valence-corrected chi connectivity index (χ2v) is 6.53. The highest BCUT2D eigenvalue weighted by Crippen LogP contribution is 2.17. The third-order valence-electron chi connectivity index (χ3n) is 4.16. The SMILES string of the molecule is Cc1cccc(NC(=O)c2cc(C(=O)Nc3ccc(C)cc3C)ccn2)c1. The number of nitrogens with one attached hydrogen (secondary N) is 2. The Bertz CT molecular complexity index is 1010. The highest BCUT2D eigenvalue weighted by molar-refractivity contribution is 6.08. The standard InChI is InChI=1S/C22H21N3O2/c1-14-5-4-6-18(12-14)24-22(27)20-13-17(9-10-23-20)21(26)25-19-8-7-15(2)11-16(19)3/h4-13H,1-3H3,(H,24,27)(H,25,26). The van der Waals surface area contributed by atoms with Crippen LogP contribution in [0.5, 0.6) is 0 Å². The molecular formula is C22H21N3O2. The zero-order valence-electron chi connectivity index (χ0n) is 15.5. The fraction of sp³-hybridized carbons (Fsp3) is 0.136. The Kier molecular flexibility index (Phi) is 5.31. The summed E-state index contributed by atoms with van der Waals surface area (Å²) in [6.45, 7) is 5.89. The van der Waals surface area contributed by atoms with E-state index in [-0.39, 0.29) is 17.5 Å². The normalized spacial score (nSPS) is 10.3. The molecule has 1 heterocycles. The molecule has 136 valence electrons. The van der Waals surface area contributed by atoms with E-state index in [1.807, 2.05) is 63.2 Å². The highest BCUT2D eigenvalue weighted by Gasteiger charge is 2.13. The molecule has 0 radical (unpaired) electrons. The minimum atomic E-state index is -0.359. The predicted octanol–water partition coefficient (Wildman–Crippen LogP) is 4.51. The van der Waals surface area contributed by atoms with Gasteiger partial charge in [-0.2, -0.15) is 0 Å². The molecule has 27 heavy (non-hydrogen) atoms. The van der Waals surface area contributed by atoms with E-state index in [0.29, 0.717) is 11.3 Å². The van der Waals surface area contributed by atoms with Gasteiger partial charge in [0.25, 0.3) is 11.8 Å². The van der Waals surface area contributed by atoms with Gasteiger partial charge in [-0.1, -0.05) is 29.8 Å². The average molecular weight is 359 g/mol. The van der Waals surface area contributed by atoms with Gasteiger partial charge in [0.1, 0.15) is 5.69 Å². The van der Waals surface area contributed by atoms with Gasteiger partial charge in [0.15, 0.2) is 0 Å². The van der Waals surface area contributed by atoms with Gasteiger partial charge >= 0.3 is 0 Å². The minimum Gasteiger partial charge on any atom is -0.322 e. The Morgan fingerprint density at radius 1 is 0.815 bits per heavy atom. The first kappa shape index (κ1) is 18.3. The molecule has 3 aromatic rings. The van der Waals surface area contributed by atoms with Crippen molar-refractivity contribution in [1.29, 1.82) is 0 Å². The predicted molar refractivity (Wildman–Crippen MR) is 107 cm³/mol. The Hall–Kier alpha value is -3.47. The van der Waals surface area contributed by atoms with Crippen molar-refractivity contribution >= 4 is 23.2 Å². The van der Waals surface area contributed by atoms with Crippen molar-refractivity contribution in [3.8, 4) is 0 Å². The molecule has 0 spiro atoms. The van der Waals surface area contributed by atoms with Gasteiger partial charge in [0.05, 0.1) is 0 Å². The van der Waals surface area contributed by atoms with E-state index in [2.05, 4.69) is 15.6 Å². The van der Waals surface area contributed by atoms with Crippen LogP contribution in [-0.2, 0) is 0 Å². The summed E-state index contributed by atoms with van der Waals surface area (Å²) >= 11 is 0. The van der Waals surface area contributed by atoms with E-state index in [9.17, 15) is 9.59 Å². The first-order valence-electron chi connectivity index (χ1n) is 8.65. The number of aromatic nitrogens is 1. The smallest absolute Gasteiger partial charge is 0.274 e. The third-order valence-corrected chi connectivity index (χ3v) is 4.16. The summed E-state index contributed by atoms with van der Waals surface area (Å²) < 4.78 is 0. The monoisotopic (exact) mass is 359 g/mol. The molecule has 2 aromatic carbocycles. The second kappa shape index (κ2) is 7.83. The summed E-state index contributed by atoms with van der Waals surface area (Å²) in [7, 11) is 0. The molecule has 2 N–H and O–H groups in total. The van der Waals surface area contributed by atoms with Crippen molar-refractivity contribution in [3.63, 3.8) is 0 Å². The number of carbonyl (C=O) groups excluding carboxylic acids is 2. The Labute approximate surface area is 158 Å². The number of hydrogen-bond acceptors (Lipinski definition) is 3. The summed E-state index contributed by atoms with van der Waals surface area (Å²) in [5, 5.41) is 5.68. The lowest BCUT2D eigenvalue weighted by Crippen LogP contribution is -2.17. The van der Waals surface area contributed by atoms with E-state index >= 15 is 0 Å². The molecular weight excluding hydrogens is 338 g/mol. The van der Waals surface area contributed by atoms with Gasteiger partial charge in [0.2, 0.25) is 0 Å². The number of anilines is 2. The maximum absolute atomic E-state index is 12.6. The fourth-order valence-corrected chi connectivity index (χ4v) is 2.76. The summed E-state index contributed by atoms with van der Waals surface area (Å²) in [6, 6.07) is 16.4. The molecule has 2 amide bonds. The maximum Gasteiger partial charge on any atom is 0.274 e. The minimum absolute atomic E-state index is 0.185. The Morgan fingerprint density at radius 2 is 1.59 bits per heavy atom. The topological polar surface area (TPSA) is 71.1 Å². The fourth-order valence-electron chi connectivity index (χ4n) is 2.76. The number of pyridine rings is 1. The van der Waals surface area contributed by atoms with Crippen molar-refractivity contribution in [2.24, 2.45) is 0 Å². The number of carbonyl (C=O) groups is 2. The lowest BCUT2D eigenvalue weighted by molar-refractivity contribution is 0.102. The van der Waals surface area contributed by atoms with Crippen LogP contribution < -0.4 is 10.6 Å². The van der Waals surface area contributed by atoms with E-state index < -0.39 is 0 Å². The highest BCUT2D eigenvalue weighted by atomic mass is 16.2. The quantitative estimate of drug-likeness (QED) is 0.720. The maximum atomic E-state index is 12.6. The summed E-state index contributed by atoms with van der Waals surface area (Å²) in [5.41, 5.74) is 5.14. The number of rotatable bonds is 4. The lowest BCUT2D eigenvalue weighted by atomic mass is 10.1. The van der Waals surface area contributed by atoms with Gasteiger partial charge in [-0.05, 0) is 62.2 Å². The average Bonchev–Trinajstić information content (AvgIpc) is 2.64. The molecule has 1 aromatic heterocycles. The Balaban J connectivity index is 1.76. The molecule has 0 saturated heterocycles. The van der Waals surface area contributed by atoms with Crippen molar-refractivity contribution in [3.05, 3.63) is 88.7 Å². The first-order valence-corrected chi connectivity index (χ1v) is 8.65. The summed E-state index contributed by atoms with van der Waals surface area (Å²) in [4.78, 5) is 29.1. The molecule has 5 heteroatoms. The summed E-state index contributed by atoms with van der Waals surface area (Å²) in [5.74, 6) is -0.643. The van der Waals surface area contributed by atoms with Crippen LogP contribution in [0.4, 0.5) is 11.4 Å². The number of amides is 2. The molecule has 0 aliphatic heterocycles. The van der Waals surface area contributed by atoms with Crippen LogP contribution >= 0.6 is 0 Å². The van der Waals surface area contributed by atoms with E-state index in [4.69, 9.17) is 0 Å². The molecule has 0 aliphatic carbocycles. The number of benzene rings is 2. The van der Waals surface area contributed by atoms with Gasteiger partial charge in [-0.3, -0.25) is 14.6 Å². The molecule has 0 bridgehead atoms. The van der Waals surface area contributed by atoms with Crippen molar-refractivity contribution in [1.82, 2.24) is 4.98 Å². The van der Waals surface area contributed by atoms with E-state index in [1.165, 1.54) is 12.3 Å². The van der Waals surface area contributed by atoms with Crippen LogP contribution in [0, 0.1) is 20.8 Å². The van der Waals surface area contributed by atoms with Crippen molar-refractivity contribution < 1.29 is 9.59 Å². The third kappa shape index (κ3) is 4.58. The van der Waals surface area contributed by atoms with Crippen molar-refractivity contribution in [2.75, 3.05) is 10.6 Å². The molecule has 0 atom stereocenters.